The van der Waals surface area contributed by atoms with Crippen molar-refractivity contribution in [3.05, 3.63) is 21.9 Å². The fraction of sp³-hybridized carbons (Fsp3) is 0.733. The van der Waals surface area contributed by atoms with Gasteiger partial charge < -0.3 is 10.2 Å². The topological polar surface area (TPSA) is 18.5 Å². The summed E-state index contributed by atoms with van der Waals surface area (Å²) in [6, 6.07) is 4.57. The highest BCUT2D eigenvalue weighted by Gasteiger charge is 2.15. The molecule has 1 aromatic rings. The average Bonchev–Trinajstić information content (AvgIpc) is 2.77. The van der Waals surface area contributed by atoms with Crippen molar-refractivity contribution in [2.45, 2.75) is 39.4 Å². The Morgan fingerprint density at radius 2 is 1.74 bits per heavy atom. The van der Waals surface area contributed by atoms with E-state index in [1.54, 1.807) is 0 Å². The lowest BCUT2D eigenvalue weighted by atomic mass is 10.1. The van der Waals surface area contributed by atoms with Crippen LogP contribution in [0.4, 0.5) is 0 Å². The first-order valence-electron chi connectivity index (χ1n) is 7.16. The highest BCUT2D eigenvalue weighted by molar-refractivity contribution is 7.11. The number of nitrogens with zero attached hydrogens (tertiary/aromatic N) is 2. The van der Waals surface area contributed by atoms with E-state index in [-0.39, 0.29) is 5.54 Å². The lowest BCUT2D eigenvalue weighted by molar-refractivity contribution is 0.149. The molecule has 0 saturated carbocycles. The molecule has 1 aliphatic rings. The van der Waals surface area contributed by atoms with Gasteiger partial charge in [-0.3, -0.25) is 4.90 Å². The van der Waals surface area contributed by atoms with Crippen LogP contribution >= 0.6 is 11.3 Å². The number of nitrogens with one attached hydrogen (secondary N) is 1. The second-order valence-corrected chi connectivity index (χ2v) is 7.80. The minimum atomic E-state index is 0.196. The van der Waals surface area contributed by atoms with Crippen molar-refractivity contribution < 1.29 is 0 Å². The summed E-state index contributed by atoms with van der Waals surface area (Å²) < 4.78 is 0. The van der Waals surface area contributed by atoms with Crippen LogP contribution in [0.15, 0.2) is 12.1 Å². The number of piperazine rings is 1. The van der Waals surface area contributed by atoms with E-state index in [9.17, 15) is 0 Å². The van der Waals surface area contributed by atoms with Crippen LogP contribution in [0.1, 0.15) is 30.5 Å². The van der Waals surface area contributed by atoms with E-state index in [1.807, 2.05) is 11.3 Å². The molecule has 0 unspecified atom stereocenters. The van der Waals surface area contributed by atoms with Crippen molar-refractivity contribution in [1.29, 1.82) is 0 Å². The Balaban J connectivity index is 1.80. The number of thiophene rings is 1. The molecule has 1 aliphatic heterocycles. The van der Waals surface area contributed by atoms with E-state index in [1.165, 1.54) is 35.9 Å². The molecule has 0 atom stereocenters. The summed E-state index contributed by atoms with van der Waals surface area (Å²) in [5.41, 5.74) is 0.196. The van der Waals surface area contributed by atoms with Gasteiger partial charge in [-0.1, -0.05) is 0 Å². The van der Waals surface area contributed by atoms with Gasteiger partial charge in [-0.05, 0) is 40.0 Å². The Kier molecular flexibility index (Phi) is 5.01. The van der Waals surface area contributed by atoms with Gasteiger partial charge in [0.2, 0.25) is 0 Å². The molecule has 0 aliphatic carbocycles. The van der Waals surface area contributed by atoms with Crippen LogP contribution in [0.3, 0.4) is 0 Å². The zero-order chi connectivity index (χ0) is 13.9. The van der Waals surface area contributed by atoms with Crippen molar-refractivity contribution >= 4 is 11.3 Å². The van der Waals surface area contributed by atoms with Gasteiger partial charge in [0.1, 0.15) is 0 Å². The van der Waals surface area contributed by atoms with Gasteiger partial charge in [-0.2, -0.15) is 0 Å². The molecule has 108 valence electrons. The fourth-order valence-corrected chi connectivity index (χ4v) is 3.18. The highest BCUT2D eigenvalue weighted by atomic mass is 32.1. The first kappa shape index (κ1) is 15.0. The molecule has 0 amide bonds. The Morgan fingerprint density at radius 3 is 2.37 bits per heavy atom. The summed E-state index contributed by atoms with van der Waals surface area (Å²) in [4.78, 5) is 7.91. The Morgan fingerprint density at radius 1 is 1.11 bits per heavy atom. The molecular formula is C15H27N3S. The molecular weight excluding hydrogens is 254 g/mol. The van der Waals surface area contributed by atoms with Crippen molar-refractivity contribution in [1.82, 2.24) is 15.1 Å². The number of hydrogen-bond acceptors (Lipinski definition) is 4. The summed E-state index contributed by atoms with van der Waals surface area (Å²) in [7, 11) is 2.21. The molecule has 1 fully saturated rings. The largest absolute Gasteiger partial charge is 0.307 e. The molecule has 2 heterocycles. The molecule has 2 rings (SSSR count). The van der Waals surface area contributed by atoms with E-state index in [0.29, 0.717) is 0 Å². The molecule has 0 spiro atoms. The maximum absolute atomic E-state index is 3.55. The van der Waals surface area contributed by atoms with Crippen LogP contribution in [-0.4, -0.2) is 48.6 Å². The van der Waals surface area contributed by atoms with E-state index < -0.39 is 0 Å². The minimum absolute atomic E-state index is 0.196. The summed E-state index contributed by atoms with van der Waals surface area (Å²) in [5, 5.41) is 3.55. The van der Waals surface area contributed by atoms with E-state index in [4.69, 9.17) is 0 Å². The normalized spacial score (nSPS) is 18.9. The lowest BCUT2D eigenvalue weighted by Crippen LogP contribution is -2.43. The van der Waals surface area contributed by atoms with Crippen molar-refractivity contribution in [3.63, 3.8) is 0 Å². The van der Waals surface area contributed by atoms with Crippen LogP contribution in [0.2, 0.25) is 0 Å². The molecule has 0 radical (unpaired) electrons. The second kappa shape index (κ2) is 6.35. The van der Waals surface area contributed by atoms with Gasteiger partial charge in [0, 0.05) is 54.6 Å². The fourth-order valence-electron chi connectivity index (χ4n) is 2.18. The van der Waals surface area contributed by atoms with Crippen molar-refractivity contribution in [3.8, 4) is 0 Å². The Labute approximate surface area is 121 Å². The third-order valence-electron chi connectivity index (χ3n) is 3.49. The monoisotopic (exact) mass is 281 g/mol. The zero-order valence-corrected chi connectivity index (χ0v) is 13.5. The van der Waals surface area contributed by atoms with Crippen LogP contribution < -0.4 is 5.32 Å². The number of rotatable bonds is 4. The predicted octanol–water partition coefficient (Wildman–Crippen LogP) is 2.38. The number of hydrogen-bond donors (Lipinski definition) is 1. The zero-order valence-electron chi connectivity index (χ0n) is 12.7. The maximum Gasteiger partial charge on any atom is 0.0329 e. The van der Waals surface area contributed by atoms with E-state index >= 15 is 0 Å². The Bertz CT molecular complexity index is 386. The predicted molar refractivity (Wildman–Crippen MR) is 83.7 cm³/mol. The van der Waals surface area contributed by atoms with E-state index in [0.717, 1.165) is 13.1 Å². The van der Waals surface area contributed by atoms with Crippen LogP contribution in [0, 0.1) is 0 Å². The van der Waals surface area contributed by atoms with Gasteiger partial charge in [-0.25, -0.2) is 0 Å². The SMILES string of the molecule is CN1CCN(Cc2ccc(CNC(C)(C)C)s2)CC1. The van der Waals surface area contributed by atoms with Crippen LogP contribution in [0.5, 0.6) is 0 Å². The molecule has 4 heteroatoms. The third kappa shape index (κ3) is 5.22. The van der Waals surface area contributed by atoms with E-state index in [2.05, 4.69) is 55.1 Å². The van der Waals surface area contributed by atoms with Gasteiger partial charge in [0.25, 0.3) is 0 Å². The minimum Gasteiger partial charge on any atom is -0.307 e. The van der Waals surface area contributed by atoms with Gasteiger partial charge in [-0.15, -0.1) is 11.3 Å². The molecule has 1 N–H and O–H groups in total. The lowest BCUT2D eigenvalue weighted by Gasteiger charge is -2.31. The van der Waals surface area contributed by atoms with Crippen LogP contribution in [-0.2, 0) is 13.1 Å². The molecule has 1 aromatic heterocycles. The molecule has 19 heavy (non-hydrogen) atoms. The van der Waals surface area contributed by atoms with Gasteiger partial charge in [0.15, 0.2) is 0 Å². The smallest absolute Gasteiger partial charge is 0.0329 e. The standard InChI is InChI=1S/C15H27N3S/c1-15(2,3)16-11-13-5-6-14(19-13)12-18-9-7-17(4)8-10-18/h5-6,16H,7-12H2,1-4H3. The first-order chi connectivity index (χ1) is 8.92. The second-order valence-electron chi connectivity index (χ2n) is 6.55. The van der Waals surface area contributed by atoms with Crippen LogP contribution in [0.25, 0.3) is 0 Å². The molecule has 0 bridgehead atoms. The summed E-state index contributed by atoms with van der Waals surface area (Å²) in [6.07, 6.45) is 0. The maximum atomic E-state index is 3.55. The highest BCUT2D eigenvalue weighted by Crippen LogP contribution is 2.19. The molecule has 0 aromatic carbocycles. The average molecular weight is 281 g/mol. The molecule has 1 saturated heterocycles. The van der Waals surface area contributed by atoms with Gasteiger partial charge in [0.05, 0.1) is 0 Å². The summed E-state index contributed by atoms with van der Waals surface area (Å²) in [5.74, 6) is 0. The van der Waals surface area contributed by atoms with Crippen molar-refractivity contribution in [2.24, 2.45) is 0 Å². The summed E-state index contributed by atoms with van der Waals surface area (Å²) >= 11 is 1.95. The van der Waals surface area contributed by atoms with Crippen molar-refractivity contribution in [2.75, 3.05) is 33.2 Å². The third-order valence-corrected chi connectivity index (χ3v) is 4.56. The summed E-state index contributed by atoms with van der Waals surface area (Å²) in [6.45, 7) is 13.5. The quantitative estimate of drug-likeness (QED) is 0.914. The van der Waals surface area contributed by atoms with Gasteiger partial charge >= 0.3 is 0 Å². The number of likely N-dealkylation sites (N-methyl/N-ethyl adjacent to an activating group) is 1. The molecule has 3 nitrogen and oxygen atoms in total. The first-order valence-corrected chi connectivity index (χ1v) is 7.97. The Hall–Kier alpha value is -0.420.